The third-order valence-electron chi connectivity index (χ3n) is 10.9. The number of anilines is 1. The number of allylic oxidation sites excluding steroid dienone is 1. The SMILES string of the molecule is CCN(CCO)c1ccc(/N=C2\C(C#N)=C(C(=O)OC3C(C(C)(C)C)CC(C)CC3C(C)(C)C)c3nc(-c4ccc(C(C)(C)C)cc4)nn32)c(C)c1. The van der Waals surface area contributed by atoms with E-state index in [-0.39, 0.29) is 63.6 Å². The van der Waals surface area contributed by atoms with Gasteiger partial charge in [-0.2, -0.15) is 9.94 Å². The number of fused-ring (bicyclic) bond motifs is 1. The molecule has 2 heterocycles. The standard InChI is InChI=1S/C43H58N6O3/c1-13-48(20-21-50)30-18-19-34(27(3)24-30)45-38-31(25-44)35(39-46-37(47-49(38)39)28-14-16-29(17-15-28)41(4,5)6)40(51)52-36-32(42(7,8)9)22-26(2)23-33(36)43(10,11)12/h14-19,24,26,32-33,36,50H,13,20-23H2,1-12H3/b45-38+. The zero-order chi connectivity index (χ0) is 38.3. The first kappa shape index (κ1) is 38.9. The predicted molar refractivity (Wildman–Crippen MR) is 210 cm³/mol. The van der Waals surface area contributed by atoms with E-state index in [0.29, 0.717) is 24.0 Å². The molecule has 278 valence electrons. The van der Waals surface area contributed by atoms with Crippen molar-refractivity contribution in [3.63, 3.8) is 0 Å². The molecule has 2 atom stereocenters. The number of aliphatic hydroxyl groups excluding tert-OH is 1. The lowest BCUT2D eigenvalue weighted by atomic mass is 9.59. The summed E-state index contributed by atoms with van der Waals surface area (Å²) in [5, 5.41) is 25.1. The van der Waals surface area contributed by atoms with Crippen LogP contribution in [0.15, 0.2) is 53.0 Å². The Morgan fingerprint density at radius 3 is 2.13 bits per heavy atom. The van der Waals surface area contributed by atoms with E-state index in [1.807, 2.05) is 44.2 Å². The number of nitrogens with zero attached hydrogens (tertiary/aromatic N) is 6. The van der Waals surface area contributed by atoms with Crippen LogP contribution < -0.4 is 4.90 Å². The van der Waals surface area contributed by atoms with Gasteiger partial charge in [0.1, 0.15) is 23.3 Å². The molecule has 0 saturated heterocycles. The molecule has 9 heteroatoms. The second-order valence-corrected chi connectivity index (χ2v) is 18.0. The van der Waals surface area contributed by atoms with Gasteiger partial charge in [0.25, 0.3) is 0 Å². The van der Waals surface area contributed by atoms with Gasteiger partial charge in [0.2, 0.25) is 0 Å². The summed E-state index contributed by atoms with van der Waals surface area (Å²) < 4.78 is 8.18. The van der Waals surface area contributed by atoms with Gasteiger partial charge in [0.15, 0.2) is 17.5 Å². The van der Waals surface area contributed by atoms with Crippen molar-refractivity contribution in [2.75, 3.05) is 24.6 Å². The molecule has 1 N–H and O–H groups in total. The molecule has 2 unspecified atom stereocenters. The van der Waals surface area contributed by atoms with Crippen molar-refractivity contribution >= 4 is 28.8 Å². The summed E-state index contributed by atoms with van der Waals surface area (Å²) in [4.78, 5) is 26.6. The minimum absolute atomic E-state index is 0.0183. The zero-order valence-corrected chi connectivity index (χ0v) is 33.3. The number of carbonyl (C=O) groups is 1. The van der Waals surface area contributed by atoms with E-state index >= 15 is 0 Å². The fourth-order valence-electron chi connectivity index (χ4n) is 7.81. The lowest BCUT2D eigenvalue weighted by Crippen LogP contribution is -2.49. The number of likely N-dealkylation sites (N-methyl/N-ethyl adjacent to an activating group) is 1. The highest BCUT2D eigenvalue weighted by Crippen LogP contribution is 2.50. The molecule has 52 heavy (non-hydrogen) atoms. The number of hydrogen-bond acceptors (Lipinski definition) is 8. The van der Waals surface area contributed by atoms with Crippen LogP contribution in [-0.2, 0) is 14.9 Å². The molecule has 0 amide bonds. The molecule has 0 radical (unpaired) electrons. The Morgan fingerprint density at radius 1 is 1.02 bits per heavy atom. The number of esters is 1. The van der Waals surface area contributed by atoms with Crippen LogP contribution in [0.4, 0.5) is 11.4 Å². The number of hydrogen-bond donors (Lipinski definition) is 1. The average molecular weight is 707 g/mol. The van der Waals surface area contributed by atoms with Crippen molar-refractivity contribution in [2.45, 2.75) is 107 Å². The fraction of sp³-hybridized carbons (Fsp3) is 0.558. The third kappa shape index (κ3) is 7.88. The number of carbonyl (C=O) groups excluding carboxylic acids is 1. The van der Waals surface area contributed by atoms with Crippen molar-refractivity contribution in [3.8, 4) is 17.5 Å². The second kappa shape index (κ2) is 14.6. The molecule has 9 nitrogen and oxygen atoms in total. The second-order valence-electron chi connectivity index (χ2n) is 18.0. The van der Waals surface area contributed by atoms with Gasteiger partial charge in [-0.05, 0) is 78.2 Å². The first-order valence-electron chi connectivity index (χ1n) is 18.8. The summed E-state index contributed by atoms with van der Waals surface area (Å²) in [6.07, 6.45) is 1.57. The van der Waals surface area contributed by atoms with Gasteiger partial charge in [-0.3, -0.25) is 0 Å². The minimum atomic E-state index is -0.567. The Labute approximate surface area is 310 Å². The van der Waals surface area contributed by atoms with Gasteiger partial charge in [0.05, 0.1) is 12.3 Å². The van der Waals surface area contributed by atoms with Gasteiger partial charge < -0.3 is 14.7 Å². The summed E-state index contributed by atoms with van der Waals surface area (Å²) in [5.41, 5.74) is 4.45. The number of ether oxygens (including phenoxy) is 1. The number of aliphatic imine (C=N–C) groups is 1. The minimum Gasteiger partial charge on any atom is -0.458 e. The van der Waals surface area contributed by atoms with E-state index in [1.165, 1.54) is 10.2 Å². The van der Waals surface area contributed by atoms with E-state index < -0.39 is 5.97 Å². The third-order valence-corrected chi connectivity index (χ3v) is 10.9. The molecule has 2 aliphatic rings. The summed E-state index contributed by atoms with van der Waals surface area (Å²) >= 11 is 0. The summed E-state index contributed by atoms with van der Waals surface area (Å²) in [5.74, 6) is 1.14. The molecule has 3 aromatic rings. The smallest absolute Gasteiger partial charge is 0.343 e. The van der Waals surface area contributed by atoms with Crippen LogP contribution in [0.5, 0.6) is 0 Å². The molecular weight excluding hydrogens is 649 g/mol. The van der Waals surface area contributed by atoms with E-state index in [9.17, 15) is 15.2 Å². The summed E-state index contributed by atoms with van der Waals surface area (Å²) in [6.45, 7) is 27.5. The number of aryl methyl sites for hydroxylation is 1. The van der Waals surface area contributed by atoms with Crippen LogP contribution in [0.3, 0.4) is 0 Å². The highest BCUT2D eigenvalue weighted by molar-refractivity contribution is 6.30. The van der Waals surface area contributed by atoms with Crippen LogP contribution in [0.2, 0.25) is 0 Å². The van der Waals surface area contributed by atoms with E-state index in [1.54, 1.807) is 0 Å². The van der Waals surface area contributed by atoms with Crippen molar-refractivity contribution in [1.29, 1.82) is 5.26 Å². The highest BCUT2D eigenvalue weighted by Gasteiger charge is 2.49. The summed E-state index contributed by atoms with van der Waals surface area (Å²) in [7, 11) is 0. The maximum atomic E-state index is 14.7. The topological polar surface area (TPSA) is 117 Å². The summed E-state index contributed by atoms with van der Waals surface area (Å²) in [6, 6.07) is 16.3. The Morgan fingerprint density at radius 2 is 1.63 bits per heavy atom. The first-order chi connectivity index (χ1) is 24.3. The van der Waals surface area contributed by atoms with Crippen LogP contribution in [0.1, 0.15) is 106 Å². The monoisotopic (exact) mass is 706 g/mol. The van der Waals surface area contributed by atoms with Gasteiger partial charge in [0, 0.05) is 36.2 Å². The van der Waals surface area contributed by atoms with Crippen molar-refractivity contribution < 1.29 is 14.6 Å². The molecule has 2 aromatic carbocycles. The van der Waals surface area contributed by atoms with Crippen LogP contribution in [0, 0.1) is 46.8 Å². The Balaban J connectivity index is 1.65. The number of aromatic nitrogens is 3. The van der Waals surface area contributed by atoms with Crippen molar-refractivity contribution in [1.82, 2.24) is 14.8 Å². The molecule has 1 aliphatic carbocycles. The van der Waals surface area contributed by atoms with Gasteiger partial charge in [-0.15, -0.1) is 5.10 Å². The molecule has 1 saturated carbocycles. The number of benzene rings is 2. The maximum absolute atomic E-state index is 14.7. The fourth-order valence-corrected chi connectivity index (χ4v) is 7.81. The molecule has 1 fully saturated rings. The van der Waals surface area contributed by atoms with Gasteiger partial charge in [-0.25, -0.2) is 14.8 Å². The quantitative estimate of drug-likeness (QED) is 0.233. The highest BCUT2D eigenvalue weighted by atomic mass is 16.5. The number of rotatable bonds is 8. The van der Waals surface area contributed by atoms with Crippen LogP contribution in [-0.4, -0.2) is 57.5 Å². The molecule has 0 bridgehead atoms. The normalized spacial score (nSPS) is 21.7. The first-order valence-corrected chi connectivity index (χ1v) is 18.8. The van der Waals surface area contributed by atoms with E-state index in [2.05, 4.69) is 92.3 Å². The molecule has 5 rings (SSSR count). The van der Waals surface area contributed by atoms with Crippen molar-refractivity contribution in [3.05, 3.63) is 65.0 Å². The molecule has 1 aromatic heterocycles. The predicted octanol–water partition coefficient (Wildman–Crippen LogP) is 8.91. The average Bonchev–Trinajstić information content (AvgIpc) is 3.61. The maximum Gasteiger partial charge on any atom is 0.343 e. The number of nitriles is 1. The molecule has 0 spiro atoms. The van der Waals surface area contributed by atoms with Crippen LogP contribution >= 0.6 is 0 Å². The zero-order valence-electron chi connectivity index (χ0n) is 33.3. The molecule has 1 aliphatic heterocycles. The Hall–Kier alpha value is -4.29. The van der Waals surface area contributed by atoms with Gasteiger partial charge >= 0.3 is 5.97 Å². The van der Waals surface area contributed by atoms with Gasteiger partial charge in [-0.1, -0.05) is 93.5 Å². The molecular formula is C43H58N6O3. The Bertz CT molecular complexity index is 1870. The van der Waals surface area contributed by atoms with Crippen molar-refractivity contribution in [2.24, 2.45) is 33.6 Å². The van der Waals surface area contributed by atoms with E-state index in [0.717, 1.165) is 36.2 Å². The Kier molecular flexibility index (Phi) is 10.9. The number of aliphatic hydroxyl groups is 1. The van der Waals surface area contributed by atoms with Crippen LogP contribution in [0.25, 0.3) is 17.0 Å². The van der Waals surface area contributed by atoms with E-state index in [4.69, 9.17) is 19.8 Å². The largest absolute Gasteiger partial charge is 0.458 e. The lowest BCUT2D eigenvalue weighted by molar-refractivity contribution is -0.162. The lowest BCUT2D eigenvalue weighted by Gasteiger charge is -2.50.